The number of carboxylic acids is 1. The average Bonchev–Trinajstić information content (AvgIpc) is 2.38. The van der Waals surface area contributed by atoms with Crippen molar-refractivity contribution in [2.24, 2.45) is 0 Å². The largest absolute Gasteiger partial charge is 0.508 e. The normalized spacial score (nSPS) is 10.1. The van der Waals surface area contributed by atoms with Gasteiger partial charge in [0, 0.05) is 0 Å². The van der Waals surface area contributed by atoms with Gasteiger partial charge in [0.15, 0.2) is 0 Å². The van der Waals surface area contributed by atoms with Gasteiger partial charge in [0.1, 0.15) is 11.5 Å². The fourth-order valence-electron chi connectivity index (χ4n) is 1.73. The minimum Gasteiger partial charge on any atom is -0.508 e. The van der Waals surface area contributed by atoms with Crippen LogP contribution in [0, 0.1) is 0 Å². The number of carboxylic acid groups (broad SMARTS) is 1. The van der Waals surface area contributed by atoms with Crippen molar-refractivity contribution in [2.45, 2.75) is 0 Å². The summed E-state index contributed by atoms with van der Waals surface area (Å²) in [5.74, 6) is -0.303. The van der Waals surface area contributed by atoms with Gasteiger partial charge in [-0.15, -0.1) is 0 Å². The van der Waals surface area contributed by atoms with Gasteiger partial charge in [-0.2, -0.15) is 0 Å². The molecular weight excluding hydrogens is 232 g/mol. The van der Waals surface area contributed by atoms with Crippen molar-refractivity contribution in [3.05, 3.63) is 48.0 Å². The lowest BCUT2D eigenvalue weighted by Gasteiger charge is -2.08. The first kappa shape index (κ1) is 12.0. The summed E-state index contributed by atoms with van der Waals surface area (Å²) in [7, 11) is 1.56. The third-order valence-electron chi connectivity index (χ3n) is 2.63. The van der Waals surface area contributed by atoms with Crippen LogP contribution in [0.15, 0.2) is 42.5 Å². The van der Waals surface area contributed by atoms with E-state index in [1.54, 1.807) is 31.4 Å². The molecule has 0 saturated carbocycles. The number of benzene rings is 2. The molecule has 0 amide bonds. The summed E-state index contributed by atoms with van der Waals surface area (Å²) < 4.78 is 5.04. The Balaban J connectivity index is 2.54. The van der Waals surface area contributed by atoms with Crippen LogP contribution in [0.1, 0.15) is 10.4 Å². The Morgan fingerprint density at radius 2 is 1.78 bits per heavy atom. The number of hydrogen-bond donors (Lipinski definition) is 2. The number of aromatic hydroxyl groups is 1. The fraction of sp³-hybridized carbons (Fsp3) is 0.0714. The number of phenolic OH excluding ortho intramolecular Hbond substituents is 1. The van der Waals surface area contributed by atoms with Crippen LogP contribution in [0.5, 0.6) is 11.5 Å². The first-order valence-electron chi connectivity index (χ1n) is 5.32. The molecule has 0 atom stereocenters. The molecule has 0 aliphatic heterocycles. The number of methoxy groups -OCH3 is 1. The van der Waals surface area contributed by atoms with Crippen molar-refractivity contribution in [3.63, 3.8) is 0 Å². The van der Waals surface area contributed by atoms with Crippen molar-refractivity contribution in [3.8, 4) is 22.6 Å². The maximum atomic E-state index is 11.1. The van der Waals surface area contributed by atoms with Crippen LogP contribution >= 0.6 is 0 Å². The molecule has 0 aliphatic rings. The van der Waals surface area contributed by atoms with E-state index >= 15 is 0 Å². The van der Waals surface area contributed by atoms with Gasteiger partial charge >= 0.3 is 5.97 Å². The predicted octanol–water partition coefficient (Wildman–Crippen LogP) is 2.77. The Hall–Kier alpha value is -2.49. The zero-order valence-corrected chi connectivity index (χ0v) is 9.75. The van der Waals surface area contributed by atoms with Crippen molar-refractivity contribution in [1.29, 1.82) is 0 Å². The maximum absolute atomic E-state index is 11.1. The third kappa shape index (κ3) is 2.27. The lowest BCUT2D eigenvalue weighted by Crippen LogP contribution is -1.99. The standard InChI is InChI=1S/C14H12O4/c1-18-11-5-2-9(3-6-11)13-8-10(15)4-7-12(13)14(16)17/h2-8,15H,1H3,(H,16,17). The number of phenols is 1. The van der Waals surface area contributed by atoms with Crippen molar-refractivity contribution >= 4 is 5.97 Å². The minimum atomic E-state index is -1.03. The molecule has 92 valence electrons. The minimum absolute atomic E-state index is 0.0332. The zero-order chi connectivity index (χ0) is 13.1. The molecule has 4 nitrogen and oxygen atoms in total. The summed E-state index contributed by atoms with van der Waals surface area (Å²) >= 11 is 0. The second-order valence-corrected chi connectivity index (χ2v) is 3.76. The van der Waals surface area contributed by atoms with Crippen LogP contribution < -0.4 is 4.74 Å². The van der Waals surface area contributed by atoms with Gasteiger partial charge < -0.3 is 14.9 Å². The van der Waals surface area contributed by atoms with E-state index in [2.05, 4.69) is 0 Å². The SMILES string of the molecule is COc1ccc(-c2cc(O)ccc2C(=O)O)cc1. The highest BCUT2D eigenvalue weighted by Crippen LogP contribution is 2.29. The molecular formula is C14H12O4. The number of hydrogen-bond acceptors (Lipinski definition) is 3. The molecule has 0 bridgehead atoms. The van der Waals surface area contributed by atoms with Gasteiger partial charge in [-0.05, 0) is 41.5 Å². The van der Waals surface area contributed by atoms with Crippen molar-refractivity contribution in [1.82, 2.24) is 0 Å². The summed E-state index contributed by atoms with van der Waals surface area (Å²) in [5, 5.41) is 18.6. The van der Waals surface area contributed by atoms with Gasteiger partial charge in [0.05, 0.1) is 12.7 Å². The quantitative estimate of drug-likeness (QED) is 0.871. The Morgan fingerprint density at radius 3 is 2.33 bits per heavy atom. The second kappa shape index (κ2) is 4.79. The molecule has 0 saturated heterocycles. The molecule has 0 unspecified atom stereocenters. The number of ether oxygens (including phenoxy) is 1. The number of aromatic carboxylic acids is 1. The fourth-order valence-corrected chi connectivity index (χ4v) is 1.73. The Morgan fingerprint density at radius 1 is 1.11 bits per heavy atom. The van der Waals surface area contributed by atoms with Gasteiger partial charge in [-0.3, -0.25) is 0 Å². The van der Waals surface area contributed by atoms with Crippen LogP contribution in [0.25, 0.3) is 11.1 Å². The van der Waals surface area contributed by atoms with E-state index in [0.29, 0.717) is 16.9 Å². The highest BCUT2D eigenvalue weighted by atomic mass is 16.5. The lowest BCUT2D eigenvalue weighted by molar-refractivity contribution is 0.0697. The summed E-state index contributed by atoms with van der Waals surface area (Å²) in [6.45, 7) is 0. The van der Waals surface area contributed by atoms with Crippen LogP contribution in [0.3, 0.4) is 0 Å². The van der Waals surface area contributed by atoms with Crippen LogP contribution in [-0.4, -0.2) is 23.3 Å². The van der Waals surface area contributed by atoms with E-state index in [1.807, 2.05) is 0 Å². The van der Waals surface area contributed by atoms with Crippen molar-refractivity contribution in [2.75, 3.05) is 7.11 Å². The predicted molar refractivity (Wildman–Crippen MR) is 67.1 cm³/mol. The first-order valence-corrected chi connectivity index (χ1v) is 5.32. The van der Waals surface area contributed by atoms with Crippen LogP contribution in [0.4, 0.5) is 0 Å². The van der Waals surface area contributed by atoms with Gasteiger partial charge in [0.25, 0.3) is 0 Å². The Kier molecular flexibility index (Phi) is 3.19. The summed E-state index contributed by atoms with van der Waals surface area (Å²) in [5.41, 5.74) is 1.34. The van der Waals surface area contributed by atoms with Gasteiger partial charge in [0.2, 0.25) is 0 Å². The highest BCUT2D eigenvalue weighted by Gasteiger charge is 2.12. The van der Waals surface area contributed by atoms with Crippen LogP contribution in [-0.2, 0) is 0 Å². The molecule has 0 aromatic heterocycles. The molecule has 18 heavy (non-hydrogen) atoms. The Labute approximate surface area is 104 Å². The molecule has 2 rings (SSSR count). The van der Waals surface area contributed by atoms with E-state index in [0.717, 1.165) is 0 Å². The van der Waals surface area contributed by atoms with Gasteiger partial charge in [-0.1, -0.05) is 12.1 Å². The molecule has 0 heterocycles. The van der Waals surface area contributed by atoms with E-state index in [-0.39, 0.29) is 11.3 Å². The maximum Gasteiger partial charge on any atom is 0.336 e. The monoisotopic (exact) mass is 244 g/mol. The number of carbonyl (C=O) groups is 1. The average molecular weight is 244 g/mol. The smallest absolute Gasteiger partial charge is 0.336 e. The zero-order valence-electron chi connectivity index (χ0n) is 9.75. The summed E-state index contributed by atoms with van der Waals surface area (Å²) in [6, 6.07) is 11.2. The summed E-state index contributed by atoms with van der Waals surface area (Å²) in [4.78, 5) is 11.1. The molecule has 2 aromatic carbocycles. The molecule has 4 heteroatoms. The topological polar surface area (TPSA) is 66.8 Å². The molecule has 2 aromatic rings. The second-order valence-electron chi connectivity index (χ2n) is 3.76. The lowest BCUT2D eigenvalue weighted by atomic mass is 9.99. The number of rotatable bonds is 3. The van der Waals surface area contributed by atoms with E-state index in [9.17, 15) is 9.90 Å². The van der Waals surface area contributed by atoms with E-state index in [4.69, 9.17) is 9.84 Å². The van der Waals surface area contributed by atoms with Crippen LogP contribution in [0.2, 0.25) is 0 Å². The van der Waals surface area contributed by atoms with Crippen molar-refractivity contribution < 1.29 is 19.7 Å². The summed E-state index contributed by atoms with van der Waals surface area (Å²) in [6.07, 6.45) is 0. The molecule has 2 N–H and O–H groups in total. The Bertz CT molecular complexity index is 573. The third-order valence-corrected chi connectivity index (χ3v) is 2.63. The molecule has 0 aliphatic carbocycles. The van der Waals surface area contributed by atoms with E-state index < -0.39 is 5.97 Å². The molecule has 0 radical (unpaired) electrons. The highest BCUT2D eigenvalue weighted by molar-refractivity contribution is 5.96. The van der Waals surface area contributed by atoms with E-state index in [1.165, 1.54) is 18.2 Å². The van der Waals surface area contributed by atoms with Gasteiger partial charge in [-0.25, -0.2) is 4.79 Å². The molecule has 0 spiro atoms. The molecule has 0 fully saturated rings. The first-order chi connectivity index (χ1) is 8.61.